The Balaban J connectivity index is 2.29. The lowest BCUT2D eigenvalue weighted by Gasteiger charge is -2.44. The maximum absolute atomic E-state index is 10.7. The molecule has 0 aromatic heterocycles. The van der Waals surface area contributed by atoms with E-state index in [0.717, 1.165) is 19.5 Å². The fourth-order valence-electron chi connectivity index (χ4n) is 1.68. The molecule has 0 aromatic carbocycles. The molecule has 0 spiro atoms. The van der Waals surface area contributed by atoms with Crippen LogP contribution in [-0.4, -0.2) is 35.1 Å². The SMILES string of the molecule is CCC(C)N1CC(C(C)C(=O)O)C1. The molecule has 3 heteroatoms. The first kappa shape index (κ1) is 10.5. The number of aliphatic carboxylic acids is 1. The Morgan fingerprint density at radius 1 is 1.54 bits per heavy atom. The summed E-state index contributed by atoms with van der Waals surface area (Å²) in [5, 5.41) is 8.78. The highest BCUT2D eigenvalue weighted by molar-refractivity contribution is 5.70. The number of likely N-dealkylation sites (tertiary alicyclic amines) is 1. The summed E-state index contributed by atoms with van der Waals surface area (Å²) in [5.41, 5.74) is 0. The van der Waals surface area contributed by atoms with E-state index in [2.05, 4.69) is 18.7 Å². The van der Waals surface area contributed by atoms with Gasteiger partial charge in [0.1, 0.15) is 0 Å². The molecule has 1 heterocycles. The lowest BCUT2D eigenvalue weighted by atomic mass is 9.86. The van der Waals surface area contributed by atoms with Crippen molar-refractivity contribution in [1.82, 2.24) is 4.90 Å². The quantitative estimate of drug-likeness (QED) is 0.720. The summed E-state index contributed by atoms with van der Waals surface area (Å²) in [4.78, 5) is 13.0. The third-order valence-corrected chi connectivity index (χ3v) is 3.25. The van der Waals surface area contributed by atoms with E-state index >= 15 is 0 Å². The van der Waals surface area contributed by atoms with E-state index in [0.29, 0.717) is 12.0 Å². The highest BCUT2D eigenvalue weighted by Gasteiger charge is 2.35. The van der Waals surface area contributed by atoms with Crippen LogP contribution < -0.4 is 0 Å². The van der Waals surface area contributed by atoms with Crippen LogP contribution in [0.1, 0.15) is 27.2 Å². The molecule has 0 aromatic rings. The van der Waals surface area contributed by atoms with Gasteiger partial charge in [-0.1, -0.05) is 13.8 Å². The molecule has 0 saturated carbocycles. The first-order chi connectivity index (χ1) is 6.06. The Kier molecular flexibility index (Phi) is 3.31. The monoisotopic (exact) mass is 185 g/mol. The zero-order valence-corrected chi connectivity index (χ0v) is 8.66. The van der Waals surface area contributed by atoms with Crippen LogP contribution in [-0.2, 0) is 4.79 Å². The molecular formula is C10H19NO2. The zero-order valence-electron chi connectivity index (χ0n) is 8.66. The van der Waals surface area contributed by atoms with Gasteiger partial charge >= 0.3 is 5.97 Å². The van der Waals surface area contributed by atoms with E-state index in [-0.39, 0.29) is 5.92 Å². The van der Waals surface area contributed by atoms with E-state index in [9.17, 15) is 4.79 Å². The number of carboxylic acid groups (broad SMARTS) is 1. The number of nitrogens with zero attached hydrogens (tertiary/aromatic N) is 1. The third-order valence-electron chi connectivity index (χ3n) is 3.25. The van der Waals surface area contributed by atoms with Gasteiger partial charge in [-0.15, -0.1) is 0 Å². The van der Waals surface area contributed by atoms with Crippen LogP contribution in [0.2, 0.25) is 0 Å². The summed E-state index contributed by atoms with van der Waals surface area (Å²) >= 11 is 0. The Morgan fingerprint density at radius 2 is 2.08 bits per heavy atom. The Labute approximate surface area is 79.7 Å². The molecule has 2 atom stereocenters. The molecule has 1 aliphatic heterocycles. The highest BCUT2D eigenvalue weighted by atomic mass is 16.4. The number of hydrogen-bond acceptors (Lipinski definition) is 2. The molecule has 0 aliphatic carbocycles. The topological polar surface area (TPSA) is 40.5 Å². The summed E-state index contributed by atoms with van der Waals surface area (Å²) in [7, 11) is 0. The number of hydrogen-bond donors (Lipinski definition) is 1. The predicted octanol–water partition coefficient (Wildman–Crippen LogP) is 1.44. The van der Waals surface area contributed by atoms with Crippen molar-refractivity contribution in [2.45, 2.75) is 33.2 Å². The Hall–Kier alpha value is -0.570. The maximum atomic E-state index is 10.7. The lowest BCUT2D eigenvalue weighted by Crippen LogP contribution is -2.54. The minimum absolute atomic E-state index is 0.180. The van der Waals surface area contributed by atoms with E-state index in [1.165, 1.54) is 0 Å². The molecule has 1 fully saturated rings. The average Bonchev–Trinajstić information content (AvgIpc) is 2.00. The minimum atomic E-state index is -0.659. The van der Waals surface area contributed by atoms with Gasteiger partial charge in [-0.25, -0.2) is 0 Å². The smallest absolute Gasteiger partial charge is 0.306 e. The normalized spacial score (nSPS) is 23.6. The van der Waals surface area contributed by atoms with Gasteiger partial charge in [-0.05, 0) is 19.3 Å². The van der Waals surface area contributed by atoms with Gasteiger partial charge in [0.15, 0.2) is 0 Å². The zero-order chi connectivity index (χ0) is 10.0. The van der Waals surface area contributed by atoms with Gasteiger partial charge in [0.05, 0.1) is 5.92 Å². The van der Waals surface area contributed by atoms with Crippen LogP contribution in [0, 0.1) is 11.8 Å². The third kappa shape index (κ3) is 2.21. The molecule has 1 aliphatic rings. The Morgan fingerprint density at radius 3 is 2.46 bits per heavy atom. The van der Waals surface area contributed by atoms with Crippen molar-refractivity contribution < 1.29 is 9.90 Å². The molecule has 13 heavy (non-hydrogen) atoms. The van der Waals surface area contributed by atoms with Crippen molar-refractivity contribution in [3.8, 4) is 0 Å². The molecule has 1 saturated heterocycles. The van der Waals surface area contributed by atoms with Crippen LogP contribution >= 0.6 is 0 Å². The largest absolute Gasteiger partial charge is 0.481 e. The molecular weight excluding hydrogens is 166 g/mol. The molecule has 1 rings (SSSR count). The standard InChI is InChI=1S/C10H19NO2/c1-4-7(2)11-5-9(6-11)8(3)10(12)13/h7-9H,4-6H2,1-3H3,(H,12,13). The fourth-order valence-corrected chi connectivity index (χ4v) is 1.68. The summed E-state index contributed by atoms with van der Waals surface area (Å²) < 4.78 is 0. The second-order valence-electron chi connectivity index (χ2n) is 4.10. The number of rotatable bonds is 4. The van der Waals surface area contributed by atoms with Crippen molar-refractivity contribution >= 4 is 5.97 Å². The lowest BCUT2D eigenvalue weighted by molar-refractivity contribution is -0.145. The molecule has 76 valence electrons. The van der Waals surface area contributed by atoms with Gasteiger partial charge in [-0.2, -0.15) is 0 Å². The summed E-state index contributed by atoms with van der Waals surface area (Å²) in [6.07, 6.45) is 1.15. The van der Waals surface area contributed by atoms with Crippen molar-refractivity contribution in [3.63, 3.8) is 0 Å². The summed E-state index contributed by atoms with van der Waals surface area (Å²) in [5.74, 6) is -0.472. The van der Waals surface area contributed by atoms with Gasteiger partial charge in [0.25, 0.3) is 0 Å². The predicted molar refractivity (Wildman–Crippen MR) is 51.6 cm³/mol. The van der Waals surface area contributed by atoms with Crippen molar-refractivity contribution in [1.29, 1.82) is 0 Å². The van der Waals surface area contributed by atoms with Crippen LogP contribution in [0.4, 0.5) is 0 Å². The van der Waals surface area contributed by atoms with Crippen molar-refractivity contribution in [2.75, 3.05) is 13.1 Å². The van der Waals surface area contributed by atoms with Crippen LogP contribution in [0.25, 0.3) is 0 Å². The van der Waals surface area contributed by atoms with Gasteiger partial charge < -0.3 is 5.11 Å². The van der Waals surface area contributed by atoms with E-state index < -0.39 is 5.97 Å². The van der Waals surface area contributed by atoms with Gasteiger partial charge in [0.2, 0.25) is 0 Å². The maximum Gasteiger partial charge on any atom is 0.306 e. The second kappa shape index (κ2) is 4.09. The van der Waals surface area contributed by atoms with E-state index in [1.54, 1.807) is 6.92 Å². The van der Waals surface area contributed by atoms with E-state index in [4.69, 9.17) is 5.11 Å². The minimum Gasteiger partial charge on any atom is -0.481 e. The molecule has 2 unspecified atom stereocenters. The molecule has 0 bridgehead atoms. The molecule has 3 nitrogen and oxygen atoms in total. The van der Waals surface area contributed by atoms with E-state index in [1.807, 2.05) is 0 Å². The first-order valence-corrected chi connectivity index (χ1v) is 5.03. The summed E-state index contributed by atoms with van der Waals surface area (Å²) in [6, 6.07) is 0.609. The van der Waals surface area contributed by atoms with Crippen molar-refractivity contribution in [2.24, 2.45) is 11.8 Å². The van der Waals surface area contributed by atoms with Gasteiger partial charge in [0, 0.05) is 19.1 Å². The molecule has 1 N–H and O–H groups in total. The average molecular weight is 185 g/mol. The highest BCUT2D eigenvalue weighted by Crippen LogP contribution is 2.26. The summed E-state index contributed by atoms with van der Waals surface area (Å²) in [6.45, 7) is 8.09. The molecule has 0 amide bonds. The van der Waals surface area contributed by atoms with Crippen LogP contribution in [0.15, 0.2) is 0 Å². The second-order valence-corrected chi connectivity index (χ2v) is 4.10. The van der Waals surface area contributed by atoms with Crippen LogP contribution in [0.5, 0.6) is 0 Å². The van der Waals surface area contributed by atoms with Crippen molar-refractivity contribution in [3.05, 3.63) is 0 Å². The van der Waals surface area contributed by atoms with Crippen LogP contribution in [0.3, 0.4) is 0 Å². The number of carboxylic acids is 1. The molecule has 0 radical (unpaired) electrons. The van der Waals surface area contributed by atoms with Gasteiger partial charge in [-0.3, -0.25) is 9.69 Å². The Bertz CT molecular complexity index is 187. The number of carbonyl (C=O) groups is 1. The fraction of sp³-hybridized carbons (Fsp3) is 0.900. The first-order valence-electron chi connectivity index (χ1n) is 5.03.